The summed E-state index contributed by atoms with van der Waals surface area (Å²) in [6.45, 7) is 3.55. The molecule has 2 aromatic heterocycles. The van der Waals surface area contributed by atoms with Crippen molar-refractivity contribution in [2.45, 2.75) is 44.6 Å². The van der Waals surface area contributed by atoms with Crippen molar-refractivity contribution >= 4 is 5.91 Å². The first-order valence-corrected chi connectivity index (χ1v) is 8.72. The highest BCUT2D eigenvalue weighted by atomic mass is 16.5. The Morgan fingerprint density at radius 1 is 1.40 bits per heavy atom. The van der Waals surface area contributed by atoms with Gasteiger partial charge in [0.05, 0.1) is 19.2 Å². The summed E-state index contributed by atoms with van der Waals surface area (Å²) in [6.07, 6.45) is 5.21. The first kappa shape index (κ1) is 16.3. The molecule has 25 heavy (non-hydrogen) atoms. The topological polar surface area (TPSA) is 64.8 Å². The molecule has 0 aliphatic carbocycles. The van der Waals surface area contributed by atoms with Gasteiger partial charge in [0.25, 0.3) is 5.91 Å². The fourth-order valence-corrected chi connectivity index (χ4v) is 3.67. The summed E-state index contributed by atoms with van der Waals surface area (Å²) in [5.74, 6) is 1.04. The van der Waals surface area contributed by atoms with Crippen molar-refractivity contribution in [3.63, 3.8) is 0 Å². The number of aryl methyl sites for hydroxylation is 1. The Balaban J connectivity index is 1.48. The minimum Gasteiger partial charge on any atom is -0.456 e. The Hall–Kier alpha value is -2.18. The quantitative estimate of drug-likeness (QED) is 0.854. The summed E-state index contributed by atoms with van der Waals surface area (Å²) < 4.78 is 17.6. The molecule has 2 saturated heterocycles. The van der Waals surface area contributed by atoms with E-state index in [1.54, 1.807) is 18.5 Å². The monoisotopic (exact) mass is 342 g/mol. The third-order valence-electron chi connectivity index (χ3n) is 4.88. The van der Waals surface area contributed by atoms with Gasteiger partial charge in [-0.15, -0.1) is 0 Å². The van der Waals surface area contributed by atoms with Crippen molar-refractivity contribution < 1.29 is 18.7 Å². The number of pyridine rings is 1. The number of ether oxygens (including phenoxy) is 2. The van der Waals surface area contributed by atoms with E-state index in [0.717, 1.165) is 30.8 Å². The maximum absolute atomic E-state index is 12.8. The maximum atomic E-state index is 12.8. The molecule has 6 heteroatoms. The van der Waals surface area contributed by atoms with Gasteiger partial charge in [-0.1, -0.05) is 6.07 Å². The van der Waals surface area contributed by atoms with E-state index in [-0.39, 0.29) is 24.2 Å². The molecule has 2 aliphatic heterocycles. The minimum atomic E-state index is -0.134. The molecular weight excluding hydrogens is 320 g/mol. The minimum absolute atomic E-state index is 0.0468. The molecule has 0 spiro atoms. The first-order chi connectivity index (χ1) is 12.2. The lowest BCUT2D eigenvalue weighted by molar-refractivity contribution is -0.0810. The van der Waals surface area contributed by atoms with Crippen LogP contribution in [0.2, 0.25) is 0 Å². The number of amides is 1. The Labute approximate surface area is 146 Å². The third kappa shape index (κ3) is 3.32. The lowest BCUT2D eigenvalue weighted by Crippen LogP contribution is -2.43. The summed E-state index contributed by atoms with van der Waals surface area (Å²) in [5, 5.41) is 0. The van der Waals surface area contributed by atoms with Crippen molar-refractivity contribution in [1.29, 1.82) is 0 Å². The number of likely N-dealkylation sites (tertiary alicyclic amines) is 1. The average molecular weight is 342 g/mol. The van der Waals surface area contributed by atoms with E-state index >= 15 is 0 Å². The smallest absolute Gasteiger partial charge is 0.289 e. The van der Waals surface area contributed by atoms with Crippen LogP contribution in [0.3, 0.4) is 0 Å². The predicted molar refractivity (Wildman–Crippen MR) is 90.1 cm³/mol. The molecular formula is C19H22N2O4. The van der Waals surface area contributed by atoms with Gasteiger partial charge < -0.3 is 18.8 Å². The Morgan fingerprint density at radius 3 is 3.08 bits per heavy atom. The van der Waals surface area contributed by atoms with Gasteiger partial charge in [0.2, 0.25) is 0 Å². The second kappa shape index (κ2) is 6.98. The molecule has 4 heterocycles. The summed E-state index contributed by atoms with van der Waals surface area (Å²) in [6, 6.07) is 7.47. The molecule has 6 nitrogen and oxygen atoms in total. The van der Waals surface area contributed by atoms with Crippen LogP contribution >= 0.6 is 0 Å². The van der Waals surface area contributed by atoms with E-state index in [1.807, 2.05) is 30.0 Å². The van der Waals surface area contributed by atoms with Crippen LogP contribution in [0.4, 0.5) is 0 Å². The van der Waals surface area contributed by atoms with Crippen LogP contribution in [0.5, 0.6) is 0 Å². The molecule has 4 rings (SSSR count). The zero-order chi connectivity index (χ0) is 17.2. The van der Waals surface area contributed by atoms with Crippen molar-refractivity contribution in [3.8, 4) is 0 Å². The van der Waals surface area contributed by atoms with Crippen LogP contribution in [0.25, 0.3) is 0 Å². The lowest BCUT2D eigenvalue weighted by Gasteiger charge is -2.31. The van der Waals surface area contributed by atoms with Crippen LogP contribution < -0.4 is 0 Å². The molecule has 2 aromatic rings. The standard InChI is InChI=1S/C19H22N2O4/c1-13-6-7-16(25-13)19(22)21-11-17(18-15(21)5-3-9-23-18)24-12-14-4-2-8-20-10-14/h2,4,6-8,10,15,17-18H,3,5,9,11-12H2,1H3/t15-,17+,18+/m1/s1. The number of furan rings is 1. The zero-order valence-electron chi connectivity index (χ0n) is 14.3. The molecule has 0 aromatic carbocycles. The summed E-state index contributed by atoms with van der Waals surface area (Å²) >= 11 is 0. The summed E-state index contributed by atoms with van der Waals surface area (Å²) in [7, 11) is 0. The molecule has 0 saturated carbocycles. The van der Waals surface area contributed by atoms with E-state index in [2.05, 4.69) is 4.98 Å². The fraction of sp³-hybridized carbons (Fsp3) is 0.474. The van der Waals surface area contributed by atoms with Gasteiger partial charge in [-0.05, 0) is 43.5 Å². The molecule has 0 radical (unpaired) electrons. The second-order valence-electron chi connectivity index (χ2n) is 6.62. The van der Waals surface area contributed by atoms with Crippen molar-refractivity contribution in [2.75, 3.05) is 13.2 Å². The molecule has 0 bridgehead atoms. The van der Waals surface area contributed by atoms with E-state index in [1.165, 1.54) is 0 Å². The van der Waals surface area contributed by atoms with Crippen LogP contribution in [0, 0.1) is 6.92 Å². The van der Waals surface area contributed by atoms with Crippen LogP contribution in [-0.2, 0) is 16.1 Å². The number of carbonyl (C=O) groups is 1. The van der Waals surface area contributed by atoms with Gasteiger partial charge in [-0.25, -0.2) is 0 Å². The van der Waals surface area contributed by atoms with Gasteiger partial charge in [-0.3, -0.25) is 9.78 Å². The van der Waals surface area contributed by atoms with Crippen molar-refractivity contribution in [2.24, 2.45) is 0 Å². The highest BCUT2D eigenvalue weighted by Crippen LogP contribution is 2.32. The van der Waals surface area contributed by atoms with Crippen molar-refractivity contribution in [1.82, 2.24) is 9.88 Å². The normalized spacial score (nSPS) is 25.8. The largest absolute Gasteiger partial charge is 0.456 e. The third-order valence-corrected chi connectivity index (χ3v) is 4.88. The van der Waals surface area contributed by atoms with Gasteiger partial charge in [0, 0.05) is 19.0 Å². The van der Waals surface area contributed by atoms with Crippen LogP contribution in [0.1, 0.15) is 34.7 Å². The molecule has 132 valence electrons. The Kier molecular flexibility index (Phi) is 4.55. The number of carbonyl (C=O) groups excluding carboxylic acids is 1. The molecule has 0 unspecified atom stereocenters. The number of hydrogen-bond acceptors (Lipinski definition) is 5. The average Bonchev–Trinajstić information content (AvgIpc) is 3.24. The van der Waals surface area contributed by atoms with E-state index < -0.39 is 0 Å². The number of hydrogen-bond donors (Lipinski definition) is 0. The number of aromatic nitrogens is 1. The Bertz CT molecular complexity index is 730. The highest BCUT2D eigenvalue weighted by molar-refractivity contribution is 5.92. The second-order valence-corrected chi connectivity index (χ2v) is 6.62. The van der Waals surface area contributed by atoms with Gasteiger partial charge in [0.15, 0.2) is 5.76 Å². The molecule has 2 fully saturated rings. The fourth-order valence-electron chi connectivity index (χ4n) is 3.67. The SMILES string of the molecule is Cc1ccc(C(=O)N2C[C@H](OCc3cccnc3)[C@H]3OCCC[C@H]32)o1. The molecule has 2 aliphatic rings. The number of nitrogens with zero attached hydrogens (tertiary/aromatic N) is 2. The van der Waals surface area contributed by atoms with Crippen molar-refractivity contribution in [3.05, 3.63) is 53.7 Å². The van der Waals surface area contributed by atoms with E-state index in [0.29, 0.717) is 18.9 Å². The maximum Gasteiger partial charge on any atom is 0.289 e. The zero-order valence-corrected chi connectivity index (χ0v) is 14.3. The lowest BCUT2D eigenvalue weighted by atomic mass is 10.0. The molecule has 0 N–H and O–H groups in total. The number of rotatable bonds is 4. The Morgan fingerprint density at radius 2 is 2.32 bits per heavy atom. The van der Waals surface area contributed by atoms with Crippen LogP contribution in [0.15, 0.2) is 41.1 Å². The molecule has 3 atom stereocenters. The van der Waals surface area contributed by atoms with Gasteiger partial charge >= 0.3 is 0 Å². The number of fused-ring (bicyclic) bond motifs is 1. The van der Waals surface area contributed by atoms with Crippen LogP contribution in [-0.4, -0.2) is 47.2 Å². The van der Waals surface area contributed by atoms with Gasteiger partial charge in [0.1, 0.15) is 18.0 Å². The van der Waals surface area contributed by atoms with Gasteiger partial charge in [-0.2, -0.15) is 0 Å². The van der Waals surface area contributed by atoms with E-state index in [9.17, 15) is 4.79 Å². The molecule has 1 amide bonds. The summed E-state index contributed by atoms with van der Waals surface area (Å²) in [4.78, 5) is 18.8. The predicted octanol–water partition coefficient (Wildman–Crippen LogP) is 2.57. The summed E-state index contributed by atoms with van der Waals surface area (Å²) in [5.41, 5.74) is 1.02. The first-order valence-electron chi connectivity index (χ1n) is 8.72. The highest BCUT2D eigenvalue weighted by Gasteiger charge is 2.47. The van der Waals surface area contributed by atoms with E-state index in [4.69, 9.17) is 13.9 Å².